The number of furan rings is 1. The van der Waals surface area contributed by atoms with Crippen LogP contribution < -0.4 is 5.32 Å². The molecule has 4 heteroatoms. The largest absolute Gasteiger partial charge is 0.453 e. The molecule has 1 aromatic heterocycles. The molecule has 0 radical (unpaired) electrons. The molecule has 1 aliphatic rings. The molecular weight excluding hydrogens is 254 g/mol. The number of hydrogen-bond donors (Lipinski definition) is 2. The third-order valence-corrected chi connectivity index (χ3v) is 4.03. The van der Waals surface area contributed by atoms with Crippen molar-refractivity contribution < 1.29 is 14.3 Å². The van der Waals surface area contributed by atoms with E-state index in [1.807, 2.05) is 0 Å². The summed E-state index contributed by atoms with van der Waals surface area (Å²) in [5, 5.41) is 12.1. The molecule has 112 valence electrons. The van der Waals surface area contributed by atoms with Crippen LogP contribution in [-0.2, 0) is 6.61 Å². The molecule has 1 saturated carbocycles. The van der Waals surface area contributed by atoms with E-state index in [-0.39, 0.29) is 29.2 Å². The van der Waals surface area contributed by atoms with Gasteiger partial charge in [0.2, 0.25) is 0 Å². The van der Waals surface area contributed by atoms with E-state index in [0.717, 1.165) is 12.8 Å². The molecule has 1 fully saturated rings. The van der Waals surface area contributed by atoms with Crippen LogP contribution in [0.15, 0.2) is 16.5 Å². The highest BCUT2D eigenvalue weighted by atomic mass is 16.4. The molecule has 0 spiro atoms. The molecule has 0 aliphatic heterocycles. The summed E-state index contributed by atoms with van der Waals surface area (Å²) in [4.78, 5) is 12.3. The molecule has 2 atom stereocenters. The Morgan fingerprint density at radius 3 is 2.65 bits per heavy atom. The van der Waals surface area contributed by atoms with Crippen LogP contribution in [0.2, 0.25) is 0 Å². The van der Waals surface area contributed by atoms with Crippen molar-refractivity contribution in [2.24, 2.45) is 11.3 Å². The van der Waals surface area contributed by atoms with Crippen LogP contribution in [-0.4, -0.2) is 16.6 Å². The van der Waals surface area contributed by atoms with Crippen LogP contribution >= 0.6 is 0 Å². The van der Waals surface area contributed by atoms with Crippen molar-refractivity contribution in [3.8, 4) is 0 Å². The van der Waals surface area contributed by atoms with Gasteiger partial charge in [-0.2, -0.15) is 0 Å². The van der Waals surface area contributed by atoms with Crippen molar-refractivity contribution >= 4 is 5.91 Å². The van der Waals surface area contributed by atoms with Crippen LogP contribution in [0.4, 0.5) is 0 Å². The second kappa shape index (κ2) is 5.24. The minimum atomic E-state index is -0.204. The predicted octanol–water partition coefficient (Wildman–Crippen LogP) is 3.11. The van der Waals surface area contributed by atoms with Gasteiger partial charge >= 0.3 is 0 Å². The first kappa shape index (κ1) is 15.1. The highest BCUT2D eigenvalue weighted by Gasteiger charge is 2.40. The molecule has 0 bridgehead atoms. The maximum atomic E-state index is 12.3. The Labute approximate surface area is 120 Å². The Bertz CT molecular complexity index is 492. The zero-order chi connectivity index (χ0) is 15.0. The summed E-state index contributed by atoms with van der Waals surface area (Å²) in [6.07, 6.45) is 3.13. The van der Waals surface area contributed by atoms with Gasteiger partial charge < -0.3 is 14.8 Å². The Morgan fingerprint density at radius 1 is 1.40 bits per heavy atom. The van der Waals surface area contributed by atoms with Crippen LogP contribution in [0.5, 0.6) is 0 Å². The topological polar surface area (TPSA) is 62.5 Å². The van der Waals surface area contributed by atoms with Crippen LogP contribution in [0.25, 0.3) is 0 Å². The average Bonchev–Trinajstić information content (AvgIpc) is 2.72. The first-order valence-electron chi connectivity index (χ1n) is 7.25. The Hall–Kier alpha value is -1.29. The van der Waals surface area contributed by atoms with Gasteiger partial charge in [-0.05, 0) is 49.7 Å². The van der Waals surface area contributed by atoms with Crippen molar-refractivity contribution in [1.29, 1.82) is 0 Å². The van der Waals surface area contributed by atoms with E-state index in [0.29, 0.717) is 11.7 Å². The van der Waals surface area contributed by atoms with Gasteiger partial charge in [0, 0.05) is 5.54 Å². The molecule has 4 nitrogen and oxygen atoms in total. The van der Waals surface area contributed by atoms with Crippen LogP contribution in [0.3, 0.4) is 0 Å². The highest BCUT2D eigenvalue weighted by Crippen LogP contribution is 2.43. The minimum absolute atomic E-state index is 0.186. The number of carbonyl (C=O) groups excluding carboxylic acids is 1. The van der Waals surface area contributed by atoms with E-state index >= 15 is 0 Å². The molecule has 1 aliphatic carbocycles. The van der Waals surface area contributed by atoms with E-state index in [1.54, 1.807) is 12.1 Å². The number of carbonyl (C=O) groups is 1. The number of rotatable bonds is 3. The molecule has 1 heterocycles. The Morgan fingerprint density at radius 2 is 2.10 bits per heavy atom. The quantitative estimate of drug-likeness (QED) is 0.893. The molecule has 20 heavy (non-hydrogen) atoms. The van der Waals surface area contributed by atoms with Gasteiger partial charge in [-0.3, -0.25) is 4.79 Å². The van der Waals surface area contributed by atoms with E-state index in [2.05, 4.69) is 33.0 Å². The third kappa shape index (κ3) is 3.42. The normalized spacial score (nSPS) is 29.1. The van der Waals surface area contributed by atoms with Gasteiger partial charge in [0.15, 0.2) is 5.76 Å². The van der Waals surface area contributed by atoms with Crippen molar-refractivity contribution in [2.45, 2.75) is 59.1 Å². The summed E-state index contributed by atoms with van der Waals surface area (Å²) in [7, 11) is 0. The van der Waals surface area contributed by atoms with Crippen LogP contribution in [0.1, 0.15) is 63.3 Å². The van der Waals surface area contributed by atoms with E-state index in [1.165, 1.54) is 6.42 Å². The molecule has 2 rings (SSSR count). The van der Waals surface area contributed by atoms with Crippen molar-refractivity contribution in [3.63, 3.8) is 0 Å². The fourth-order valence-electron chi connectivity index (χ4n) is 4.00. The Balaban J connectivity index is 2.09. The minimum Gasteiger partial charge on any atom is -0.453 e. The lowest BCUT2D eigenvalue weighted by Gasteiger charge is -2.46. The molecular formula is C16H25NO3. The fourth-order valence-corrected chi connectivity index (χ4v) is 4.00. The second-order valence-electron chi connectivity index (χ2n) is 7.29. The van der Waals surface area contributed by atoms with Gasteiger partial charge in [0.1, 0.15) is 12.4 Å². The van der Waals surface area contributed by atoms with E-state index in [4.69, 9.17) is 9.52 Å². The lowest BCUT2D eigenvalue weighted by molar-refractivity contribution is 0.0673. The first-order chi connectivity index (χ1) is 9.23. The number of amides is 1. The predicted molar refractivity (Wildman–Crippen MR) is 77.3 cm³/mol. The van der Waals surface area contributed by atoms with Crippen LogP contribution in [0, 0.1) is 11.3 Å². The number of aliphatic hydroxyl groups excluding tert-OH is 1. The third-order valence-electron chi connectivity index (χ3n) is 4.03. The summed E-state index contributed by atoms with van der Waals surface area (Å²) in [5.41, 5.74) is 0.0313. The molecule has 2 N–H and O–H groups in total. The summed E-state index contributed by atoms with van der Waals surface area (Å²) in [5.74, 6) is 1.08. The average molecular weight is 279 g/mol. The van der Waals surface area contributed by atoms with Gasteiger partial charge in [-0.15, -0.1) is 0 Å². The lowest BCUT2D eigenvalue weighted by Crippen LogP contribution is -2.52. The molecule has 0 saturated heterocycles. The molecule has 0 aromatic carbocycles. The summed E-state index contributed by atoms with van der Waals surface area (Å²) in [6.45, 7) is 8.67. The van der Waals surface area contributed by atoms with Crippen molar-refractivity contribution in [2.75, 3.05) is 0 Å². The van der Waals surface area contributed by atoms with Crippen molar-refractivity contribution in [1.82, 2.24) is 5.32 Å². The second-order valence-corrected chi connectivity index (χ2v) is 7.29. The standard InChI is InChI=1S/C16H25NO3/c1-11-7-15(2,3)10-16(4,8-11)17-14(19)13-6-5-12(9-18)20-13/h5-6,11,18H,7-10H2,1-4H3,(H,17,19)/t11-,16-/m1/s1. The van der Waals surface area contributed by atoms with Crippen molar-refractivity contribution in [3.05, 3.63) is 23.7 Å². The number of aliphatic hydroxyl groups is 1. The fraction of sp³-hybridized carbons (Fsp3) is 0.688. The highest BCUT2D eigenvalue weighted by molar-refractivity contribution is 5.92. The van der Waals surface area contributed by atoms with E-state index in [9.17, 15) is 4.79 Å². The van der Waals surface area contributed by atoms with Gasteiger partial charge in [0.25, 0.3) is 5.91 Å². The molecule has 1 amide bonds. The van der Waals surface area contributed by atoms with E-state index < -0.39 is 0 Å². The molecule has 0 unspecified atom stereocenters. The SMILES string of the molecule is C[C@@H]1CC(C)(C)C[C@](C)(NC(=O)c2ccc(CO)o2)C1. The zero-order valence-electron chi connectivity index (χ0n) is 12.8. The summed E-state index contributed by atoms with van der Waals surface area (Å²) in [6, 6.07) is 3.24. The maximum absolute atomic E-state index is 12.3. The molecule has 1 aromatic rings. The van der Waals surface area contributed by atoms with Gasteiger partial charge in [-0.1, -0.05) is 20.8 Å². The van der Waals surface area contributed by atoms with Gasteiger partial charge in [0.05, 0.1) is 0 Å². The smallest absolute Gasteiger partial charge is 0.287 e. The number of nitrogens with one attached hydrogen (secondary N) is 1. The summed E-state index contributed by atoms with van der Waals surface area (Å²) >= 11 is 0. The zero-order valence-corrected chi connectivity index (χ0v) is 12.8. The monoisotopic (exact) mass is 279 g/mol. The maximum Gasteiger partial charge on any atom is 0.287 e. The van der Waals surface area contributed by atoms with Gasteiger partial charge in [-0.25, -0.2) is 0 Å². The Kier molecular flexibility index (Phi) is 3.96. The summed E-state index contributed by atoms with van der Waals surface area (Å²) < 4.78 is 5.30. The first-order valence-corrected chi connectivity index (χ1v) is 7.25. The number of hydrogen-bond acceptors (Lipinski definition) is 3. The lowest BCUT2D eigenvalue weighted by atomic mass is 9.65.